The van der Waals surface area contributed by atoms with E-state index >= 15 is 0 Å². The van der Waals surface area contributed by atoms with Crippen LogP contribution in [0.25, 0.3) is 0 Å². The van der Waals surface area contributed by atoms with Crippen LogP contribution in [0.1, 0.15) is 49.9 Å². The Labute approximate surface area is 210 Å². The van der Waals surface area contributed by atoms with Crippen molar-refractivity contribution in [1.82, 2.24) is 4.90 Å². The summed E-state index contributed by atoms with van der Waals surface area (Å²) in [6.07, 6.45) is 0.581. The first-order valence-electron chi connectivity index (χ1n) is 13.4. The average molecular weight is 492 g/mol. The molecule has 1 aromatic carbocycles. The summed E-state index contributed by atoms with van der Waals surface area (Å²) in [6, 6.07) is 9.12. The van der Waals surface area contributed by atoms with Gasteiger partial charge in [0.1, 0.15) is 12.2 Å². The predicted octanol–water partition coefficient (Wildman–Crippen LogP) is 2.31. The molecule has 3 heterocycles. The molecule has 1 unspecified atom stereocenters. The number of aliphatic hydroxyl groups excluding tert-OH is 1. The smallest absolute Gasteiger partial charge is 0.338 e. The summed E-state index contributed by atoms with van der Waals surface area (Å²) in [4.78, 5) is 28.5. The molecule has 6 saturated carbocycles. The molecule has 0 aromatic heterocycles. The lowest BCUT2D eigenvalue weighted by Gasteiger charge is -2.69. The minimum atomic E-state index is -1.21. The van der Waals surface area contributed by atoms with Gasteiger partial charge in [0.15, 0.2) is 0 Å². The van der Waals surface area contributed by atoms with Crippen LogP contribution < -0.4 is 0 Å². The fourth-order valence-corrected chi connectivity index (χ4v) is 11.6. The van der Waals surface area contributed by atoms with E-state index in [1.54, 1.807) is 24.3 Å². The molecule has 36 heavy (non-hydrogen) atoms. The van der Waals surface area contributed by atoms with Gasteiger partial charge in [-0.2, -0.15) is 0 Å². The number of aliphatic hydroxyl groups is 2. The van der Waals surface area contributed by atoms with Crippen molar-refractivity contribution in [3.05, 3.63) is 48.0 Å². The highest BCUT2D eigenvalue weighted by atomic mass is 16.6. The van der Waals surface area contributed by atoms with Gasteiger partial charge in [0, 0.05) is 31.0 Å². The van der Waals surface area contributed by atoms with Crippen molar-refractivity contribution in [2.45, 2.75) is 75.5 Å². The molecule has 7 heteroatoms. The Morgan fingerprint density at radius 1 is 1.14 bits per heavy atom. The molecule has 13 atom stereocenters. The van der Waals surface area contributed by atoms with Gasteiger partial charge in [0.05, 0.1) is 22.7 Å². The van der Waals surface area contributed by atoms with Gasteiger partial charge in [-0.15, -0.1) is 0 Å². The molecule has 9 fully saturated rings. The highest BCUT2D eigenvalue weighted by Crippen LogP contribution is 2.88. The maximum Gasteiger partial charge on any atom is 0.338 e. The van der Waals surface area contributed by atoms with Crippen LogP contribution in [0, 0.1) is 34.0 Å². The molecule has 6 aliphatic carbocycles. The molecule has 9 aliphatic rings. The SMILES string of the molecule is C=C1[C@H]2C[C@@H]3[C@H]4N5C[C@]6(C)C[C@H](OC(=O)c7ccccc7)[C@@H](OC(C)=O)[C@@]47[C@@H]6[C@@H]5C[C@]3([C@@H]1O)[C@@]7(O)C2. The van der Waals surface area contributed by atoms with E-state index in [9.17, 15) is 19.8 Å². The number of esters is 2. The summed E-state index contributed by atoms with van der Waals surface area (Å²) < 4.78 is 12.4. The maximum atomic E-state index is 13.3. The van der Waals surface area contributed by atoms with Crippen LogP contribution in [0.15, 0.2) is 42.5 Å². The average Bonchev–Trinajstić information content (AvgIpc) is 3.24. The molecule has 0 amide bonds. The summed E-state index contributed by atoms with van der Waals surface area (Å²) in [5, 5.41) is 24.7. The summed E-state index contributed by atoms with van der Waals surface area (Å²) in [6.45, 7) is 8.79. The molecule has 9 bridgehead atoms. The number of rotatable bonds is 3. The van der Waals surface area contributed by atoms with Crippen molar-refractivity contribution in [1.29, 1.82) is 0 Å². The highest BCUT2D eigenvalue weighted by Gasteiger charge is 2.96. The summed E-state index contributed by atoms with van der Waals surface area (Å²) >= 11 is 0. The number of fused-ring (bicyclic) bond motifs is 1. The standard InChI is InChI=1S/C29H33NO6/c1-14-17-9-18-22-29-21-19(11-27(18,23(14)32)28(29,34)10-17)30(22)13-26(21,3)12-20(24(29)35-15(2)31)36-25(33)16-7-5-4-6-8-16/h4-8,17-24,32,34H,1,9-13H2,2-3H3/t17-,18+,19-,20-,21+,22+,23+,24+,26-,27-,28-,29+/m0/s1. The van der Waals surface area contributed by atoms with E-state index in [-0.39, 0.29) is 35.3 Å². The highest BCUT2D eigenvalue weighted by molar-refractivity contribution is 5.89. The number of carbonyl (C=O) groups excluding carboxylic acids is 2. The Hall–Kier alpha value is -2.22. The first kappa shape index (κ1) is 21.8. The number of hydrogen-bond acceptors (Lipinski definition) is 7. The summed E-state index contributed by atoms with van der Waals surface area (Å²) in [5.41, 5.74) is -1.56. The van der Waals surface area contributed by atoms with Gasteiger partial charge in [0.25, 0.3) is 0 Å². The van der Waals surface area contributed by atoms with Crippen molar-refractivity contribution in [2.75, 3.05) is 6.54 Å². The van der Waals surface area contributed by atoms with Gasteiger partial charge < -0.3 is 19.7 Å². The van der Waals surface area contributed by atoms with Gasteiger partial charge >= 0.3 is 11.9 Å². The third-order valence-corrected chi connectivity index (χ3v) is 12.0. The Morgan fingerprint density at radius 3 is 2.61 bits per heavy atom. The third-order valence-electron chi connectivity index (χ3n) is 12.0. The third kappa shape index (κ3) is 1.97. The van der Waals surface area contributed by atoms with Crippen molar-refractivity contribution in [3.8, 4) is 0 Å². The molecule has 7 nitrogen and oxygen atoms in total. The number of carbonyl (C=O) groups is 2. The number of ether oxygens (including phenoxy) is 2. The molecule has 0 radical (unpaired) electrons. The van der Waals surface area contributed by atoms with E-state index in [2.05, 4.69) is 18.4 Å². The monoisotopic (exact) mass is 491 g/mol. The fourth-order valence-electron chi connectivity index (χ4n) is 11.6. The van der Waals surface area contributed by atoms with E-state index < -0.39 is 46.7 Å². The quantitative estimate of drug-likeness (QED) is 0.495. The van der Waals surface area contributed by atoms with E-state index in [1.165, 1.54) is 6.92 Å². The van der Waals surface area contributed by atoms with Gasteiger partial charge in [-0.3, -0.25) is 9.69 Å². The molecule has 190 valence electrons. The second-order valence-corrected chi connectivity index (χ2v) is 13.1. The van der Waals surface area contributed by atoms with E-state index in [0.29, 0.717) is 18.4 Å². The van der Waals surface area contributed by atoms with E-state index in [0.717, 1.165) is 25.0 Å². The molecule has 1 aromatic rings. The van der Waals surface area contributed by atoms with E-state index in [4.69, 9.17) is 9.47 Å². The lowest BCUT2D eigenvalue weighted by molar-refractivity contribution is -0.304. The zero-order chi connectivity index (χ0) is 25.0. The predicted molar refractivity (Wildman–Crippen MR) is 127 cm³/mol. The molecule has 3 saturated heterocycles. The number of piperidine rings is 2. The number of benzene rings is 1. The first-order chi connectivity index (χ1) is 17.1. The summed E-state index contributed by atoms with van der Waals surface area (Å²) in [7, 11) is 0. The van der Waals surface area contributed by atoms with Crippen LogP contribution in [-0.4, -0.2) is 69.6 Å². The molecule has 2 N–H and O–H groups in total. The van der Waals surface area contributed by atoms with Crippen molar-refractivity contribution < 1.29 is 29.3 Å². The Balaban J connectivity index is 1.32. The fraction of sp³-hybridized carbons (Fsp3) is 0.655. The van der Waals surface area contributed by atoms with Crippen LogP contribution in [0.5, 0.6) is 0 Å². The molecular formula is C29H33NO6. The van der Waals surface area contributed by atoms with Gasteiger partial charge in [-0.05, 0) is 66.6 Å². The zero-order valence-corrected chi connectivity index (χ0v) is 20.7. The van der Waals surface area contributed by atoms with Crippen molar-refractivity contribution >= 4 is 11.9 Å². The van der Waals surface area contributed by atoms with Crippen LogP contribution in [-0.2, 0) is 14.3 Å². The lowest BCUT2D eigenvalue weighted by atomic mass is 9.37. The molecular weight excluding hydrogens is 458 g/mol. The van der Waals surface area contributed by atoms with Crippen molar-refractivity contribution in [3.63, 3.8) is 0 Å². The zero-order valence-electron chi connectivity index (χ0n) is 20.7. The van der Waals surface area contributed by atoms with Crippen molar-refractivity contribution in [2.24, 2.45) is 34.0 Å². The van der Waals surface area contributed by atoms with Crippen LogP contribution >= 0.6 is 0 Å². The Bertz CT molecular complexity index is 1230. The molecule has 2 spiro atoms. The second kappa shape index (κ2) is 6.25. The lowest BCUT2D eigenvalue weighted by Crippen LogP contribution is -2.78. The van der Waals surface area contributed by atoms with E-state index in [1.807, 2.05) is 6.07 Å². The van der Waals surface area contributed by atoms with Gasteiger partial charge in [-0.1, -0.05) is 31.7 Å². The van der Waals surface area contributed by atoms with Crippen LogP contribution in [0.2, 0.25) is 0 Å². The maximum absolute atomic E-state index is 13.3. The number of hydrogen-bond donors (Lipinski definition) is 2. The van der Waals surface area contributed by atoms with Gasteiger partial charge in [-0.25, -0.2) is 4.79 Å². The minimum absolute atomic E-state index is 0.00495. The topological polar surface area (TPSA) is 96.3 Å². The normalized spacial score (nSPS) is 56.2. The summed E-state index contributed by atoms with van der Waals surface area (Å²) in [5.74, 6) is -0.596. The van der Waals surface area contributed by atoms with Crippen LogP contribution in [0.3, 0.4) is 0 Å². The Morgan fingerprint density at radius 2 is 1.89 bits per heavy atom. The minimum Gasteiger partial charge on any atom is -0.458 e. The largest absolute Gasteiger partial charge is 0.458 e. The Kier molecular flexibility index (Phi) is 3.79. The number of nitrogens with zero attached hydrogens (tertiary/aromatic N) is 1. The molecule has 10 rings (SSSR count). The first-order valence-corrected chi connectivity index (χ1v) is 13.4. The second-order valence-electron chi connectivity index (χ2n) is 13.1. The van der Waals surface area contributed by atoms with Gasteiger partial charge in [0.2, 0.25) is 0 Å². The molecule has 3 aliphatic heterocycles. The van der Waals surface area contributed by atoms with Crippen LogP contribution in [0.4, 0.5) is 0 Å².